The van der Waals surface area contributed by atoms with Crippen molar-refractivity contribution in [1.29, 1.82) is 0 Å². The van der Waals surface area contributed by atoms with Crippen LogP contribution in [0.1, 0.15) is 17.2 Å². The minimum Gasteiger partial charge on any atom is -0.507 e. The lowest BCUT2D eigenvalue weighted by atomic mass is 9.95. The van der Waals surface area contributed by atoms with Crippen LogP contribution >= 0.6 is 0 Å². The number of amides is 1. The third-order valence-electron chi connectivity index (χ3n) is 3.91. The highest BCUT2D eigenvalue weighted by Gasteiger charge is 2.44. The molecule has 1 aliphatic heterocycles. The average Bonchev–Trinajstić information content (AvgIpc) is 2.80. The van der Waals surface area contributed by atoms with Gasteiger partial charge in [0.15, 0.2) is 0 Å². The number of carbonyl (C=O) groups is 2. The first-order chi connectivity index (χ1) is 11.0. The standard InChI is InChI=1S/C18H14FNO3/c1-20-15(11-7-9-13(19)10-8-11)14(17(22)18(20)23)16(21)12-5-3-2-4-6-12/h2-10,15,21H,1H3. The van der Waals surface area contributed by atoms with Crippen LogP contribution in [0.25, 0.3) is 5.76 Å². The van der Waals surface area contributed by atoms with Gasteiger partial charge in [0.1, 0.15) is 11.6 Å². The highest BCUT2D eigenvalue weighted by Crippen LogP contribution is 2.38. The Hall–Kier alpha value is -2.95. The molecule has 0 aromatic heterocycles. The van der Waals surface area contributed by atoms with Gasteiger partial charge in [0.2, 0.25) is 0 Å². The monoisotopic (exact) mass is 311 g/mol. The number of Topliss-reactive ketones (excluding diaryl/α,β-unsaturated/α-hetero) is 1. The number of hydrogen-bond donors (Lipinski definition) is 1. The lowest BCUT2D eigenvalue weighted by Gasteiger charge is -2.20. The topological polar surface area (TPSA) is 57.6 Å². The van der Waals surface area contributed by atoms with E-state index in [1.807, 2.05) is 0 Å². The average molecular weight is 311 g/mol. The van der Waals surface area contributed by atoms with Gasteiger partial charge in [-0.3, -0.25) is 9.59 Å². The molecule has 2 aromatic carbocycles. The fourth-order valence-electron chi connectivity index (χ4n) is 2.73. The van der Waals surface area contributed by atoms with Crippen molar-refractivity contribution in [3.8, 4) is 0 Å². The van der Waals surface area contributed by atoms with E-state index >= 15 is 0 Å². The molecule has 5 heteroatoms. The fraction of sp³-hybridized carbons (Fsp3) is 0.111. The van der Waals surface area contributed by atoms with Crippen LogP contribution in [0.15, 0.2) is 60.2 Å². The zero-order valence-electron chi connectivity index (χ0n) is 12.4. The summed E-state index contributed by atoms with van der Waals surface area (Å²) in [6, 6.07) is 13.3. The first-order valence-electron chi connectivity index (χ1n) is 7.06. The highest BCUT2D eigenvalue weighted by atomic mass is 19.1. The van der Waals surface area contributed by atoms with E-state index in [1.165, 1.54) is 36.2 Å². The van der Waals surface area contributed by atoms with Crippen molar-refractivity contribution in [2.75, 3.05) is 7.05 Å². The molecule has 2 aromatic rings. The van der Waals surface area contributed by atoms with E-state index in [2.05, 4.69) is 0 Å². The number of nitrogens with zero attached hydrogens (tertiary/aromatic N) is 1. The third kappa shape index (κ3) is 2.50. The number of carbonyl (C=O) groups excluding carboxylic acids is 2. The molecule has 116 valence electrons. The van der Waals surface area contributed by atoms with Gasteiger partial charge in [0.25, 0.3) is 11.7 Å². The maximum Gasteiger partial charge on any atom is 0.295 e. The van der Waals surface area contributed by atoms with Crippen LogP contribution in [-0.2, 0) is 9.59 Å². The summed E-state index contributed by atoms with van der Waals surface area (Å²) < 4.78 is 13.1. The summed E-state index contributed by atoms with van der Waals surface area (Å²) in [4.78, 5) is 25.6. The molecule has 4 nitrogen and oxygen atoms in total. The number of rotatable bonds is 2. The molecule has 1 fully saturated rings. The maximum absolute atomic E-state index is 13.1. The first kappa shape index (κ1) is 15.0. The molecule has 1 aliphatic rings. The van der Waals surface area contributed by atoms with Crippen molar-refractivity contribution in [1.82, 2.24) is 4.90 Å². The smallest absolute Gasteiger partial charge is 0.295 e. The SMILES string of the molecule is CN1C(=O)C(=O)C(=C(O)c2ccccc2)C1c1ccc(F)cc1. The van der Waals surface area contributed by atoms with Crippen LogP contribution in [0.3, 0.4) is 0 Å². The summed E-state index contributed by atoms with van der Waals surface area (Å²) in [5.74, 6) is -2.09. The summed E-state index contributed by atoms with van der Waals surface area (Å²) in [6.45, 7) is 0. The highest BCUT2D eigenvalue weighted by molar-refractivity contribution is 6.46. The van der Waals surface area contributed by atoms with Crippen LogP contribution in [0.4, 0.5) is 4.39 Å². The van der Waals surface area contributed by atoms with Crippen molar-refractivity contribution >= 4 is 17.4 Å². The second-order valence-electron chi connectivity index (χ2n) is 5.33. The van der Waals surface area contributed by atoms with Gasteiger partial charge in [0.05, 0.1) is 11.6 Å². The molecule has 23 heavy (non-hydrogen) atoms. The summed E-state index contributed by atoms with van der Waals surface area (Å²) in [5, 5.41) is 10.5. The molecule has 0 bridgehead atoms. The second-order valence-corrected chi connectivity index (χ2v) is 5.33. The Labute approximate surface area is 132 Å². The predicted molar refractivity (Wildman–Crippen MR) is 82.9 cm³/mol. The van der Waals surface area contributed by atoms with Gasteiger partial charge in [-0.15, -0.1) is 0 Å². The van der Waals surface area contributed by atoms with Gasteiger partial charge in [-0.25, -0.2) is 4.39 Å². The number of likely N-dealkylation sites (N-methyl/N-ethyl adjacent to an activating group) is 1. The van der Waals surface area contributed by atoms with Crippen LogP contribution < -0.4 is 0 Å². The lowest BCUT2D eigenvalue weighted by molar-refractivity contribution is -0.139. The van der Waals surface area contributed by atoms with Crippen LogP contribution in [0, 0.1) is 5.82 Å². The Kier molecular flexibility index (Phi) is 3.70. The Morgan fingerprint density at radius 1 is 1.04 bits per heavy atom. The molecule has 1 N–H and O–H groups in total. The summed E-state index contributed by atoms with van der Waals surface area (Å²) in [7, 11) is 1.49. The number of aliphatic hydroxyl groups is 1. The van der Waals surface area contributed by atoms with Crippen LogP contribution in [-0.4, -0.2) is 28.7 Å². The number of benzene rings is 2. The molecule has 0 aliphatic carbocycles. The van der Waals surface area contributed by atoms with E-state index in [1.54, 1.807) is 30.3 Å². The van der Waals surface area contributed by atoms with Gasteiger partial charge in [-0.1, -0.05) is 42.5 Å². The number of aliphatic hydroxyl groups excluding tert-OH is 1. The Balaban J connectivity index is 2.17. The van der Waals surface area contributed by atoms with Gasteiger partial charge in [0, 0.05) is 12.6 Å². The van der Waals surface area contributed by atoms with E-state index in [0.29, 0.717) is 11.1 Å². The quantitative estimate of drug-likeness (QED) is 0.527. The fourth-order valence-corrected chi connectivity index (χ4v) is 2.73. The largest absolute Gasteiger partial charge is 0.507 e. The van der Waals surface area contributed by atoms with Crippen molar-refractivity contribution < 1.29 is 19.1 Å². The van der Waals surface area contributed by atoms with Gasteiger partial charge in [-0.2, -0.15) is 0 Å². The Morgan fingerprint density at radius 3 is 2.26 bits per heavy atom. The molecule has 1 heterocycles. The van der Waals surface area contributed by atoms with Gasteiger partial charge in [-0.05, 0) is 17.7 Å². The van der Waals surface area contributed by atoms with E-state index in [-0.39, 0.29) is 11.3 Å². The normalized spacial score (nSPS) is 20.1. The number of likely N-dealkylation sites (tertiary alicyclic amines) is 1. The number of hydrogen-bond acceptors (Lipinski definition) is 3. The molecular formula is C18H14FNO3. The molecule has 1 atom stereocenters. The zero-order valence-corrected chi connectivity index (χ0v) is 12.4. The predicted octanol–water partition coefficient (Wildman–Crippen LogP) is 2.88. The Morgan fingerprint density at radius 2 is 1.65 bits per heavy atom. The second kappa shape index (κ2) is 5.68. The summed E-state index contributed by atoms with van der Waals surface area (Å²) >= 11 is 0. The Bertz CT molecular complexity index is 797. The van der Waals surface area contributed by atoms with Crippen molar-refractivity contribution in [3.63, 3.8) is 0 Å². The molecular weight excluding hydrogens is 297 g/mol. The van der Waals surface area contributed by atoms with Crippen molar-refractivity contribution in [2.24, 2.45) is 0 Å². The molecule has 1 amide bonds. The molecule has 0 radical (unpaired) electrons. The van der Waals surface area contributed by atoms with Crippen molar-refractivity contribution in [2.45, 2.75) is 6.04 Å². The maximum atomic E-state index is 13.1. The zero-order chi connectivity index (χ0) is 16.6. The van der Waals surface area contributed by atoms with E-state index < -0.39 is 23.5 Å². The molecule has 1 unspecified atom stereocenters. The summed E-state index contributed by atoms with van der Waals surface area (Å²) in [5.41, 5.74) is 1.02. The molecule has 0 saturated carbocycles. The third-order valence-corrected chi connectivity index (χ3v) is 3.91. The molecule has 1 saturated heterocycles. The van der Waals surface area contributed by atoms with E-state index in [4.69, 9.17) is 0 Å². The minimum atomic E-state index is -0.747. The first-order valence-corrected chi connectivity index (χ1v) is 7.06. The molecule has 0 spiro atoms. The summed E-state index contributed by atoms with van der Waals surface area (Å²) in [6.07, 6.45) is 0. The number of halogens is 1. The van der Waals surface area contributed by atoms with E-state index in [0.717, 1.165) is 0 Å². The molecule has 3 rings (SSSR count). The van der Waals surface area contributed by atoms with Crippen LogP contribution in [0.2, 0.25) is 0 Å². The van der Waals surface area contributed by atoms with Crippen molar-refractivity contribution in [3.05, 3.63) is 77.1 Å². The number of ketones is 1. The minimum absolute atomic E-state index is 0.00954. The van der Waals surface area contributed by atoms with Gasteiger partial charge < -0.3 is 10.0 Å². The van der Waals surface area contributed by atoms with Crippen LogP contribution in [0.5, 0.6) is 0 Å². The van der Waals surface area contributed by atoms with E-state index in [9.17, 15) is 19.1 Å². The van der Waals surface area contributed by atoms with Gasteiger partial charge >= 0.3 is 0 Å². The lowest BCUT2D eigenvalue weighted by Crippen LogP contribution is -2.24.